The van der Waals surface area contributed by atoms with Gasteiger partial charge in [-0.15, -0.1) is 12.4 Å². The molecule has 1 saturated heterocycles. The number of benzene rings is 1. The first kappa shape index (κ1) is 17.1. The molecule has 1 fully saturated rings. The van der Waals surface area contributed by atoms with Crippen LogP contribution in [0, 0.1) is 5.92 Å². The van der Waals surface area contributed by atoms with E-state index in [4.69, 9.17) is 0 Å². The van der Waals surface area contributed by atoms with Gasteiger partial charge in [0.25, 0.3) is 0 Å². The summed E-state index contributed by atoms with van der Waals surface area (Å²) < 4.78 is 27.4. The second kappa shape index (κ2) is 6.91. The summed E-state index contributed by atoms with van der Waals surface area (Å²) in [4.78, 5) is 4.44. The van der Waals surface area contributed by atoms with E-state index in [9.17, 15) is 8.42 Å². The fourth-order valence-corrected chi connectivity index (χ4v) is 4.67. The molecular formula is C15H20ClN3O2S. The molecule has 1 aliphatic heterocycles. The SMILES string of the molecule is CNCC1CCN(S(=O)(=O)c2cccc3cnccc23)C1.Cl. The van der Waals surface area contributed by atoms with Gasteiger partial charge in [0.05, 0.1) is 4.90 Å². The van der Waals surface area contributed by atoms with E-state index < -0.39 is 10.0 Å². The molecule has 0 radical (unpaired) electrons. The number of fused-ring (bicyclic) bond motifs is 1. The summed E-state index contributed by atoms with van der Waals surface area (Å²) in [7, 11) is -1.54. The topological polar surface area (TPSA) is 62.3 Å². The lowest BCUT2D eigenvalue weighted by atomic mass is 10.1. The van der Waals surface area contributed by atoms with Gasteiger partial charge in [-0.3, -0.25) is 4.98 Å². The van der Waals surface area contributed by atoms with E-state index in [1.807, 2.05) is 13.1 Å². The molecule has 120 valence electrons. The van der Waals surface area contributed by atoms with Crippen molar-refractivity contribution in [2.75, 3.05) is 26.7 Å². The first-order valence-electron chi connectivity index (χ1n) is 7.10. The van der Waals surface area contributed by atoms with Crippen LogP contribution in [0.1, 0.15) is 6.42 Å². The molecule has 1 aromatic carbocycles. The fourth-order valence-electron chi connectivity index (χ4n) is 2.93. The molecule has 3 rings (SSSR count). The second-order valence-corrected chi connectivity index (χ2v) is 7.33. The van der Waals surface area contributed by atoms with Crippen LogP contribution in [0.3, 0.4) is 0 Å². The summed E-state index contributed by atoms with van der Waals surface area (Å²) in [5.41, 5.74) is 0. The van der Waals surface area contributed by atoms with E-state index in [1.54, 1.807) is 34.9 Å². The Labute approximate surface area is 137 Å². The average molecular weight is 342 g/mol. The van der Waals surface area contributed by atoms with Gasteiger partial charge in [-0.25, -0.2) is 8.42 Å². The van der Waals surface area contributed by atoms with Crippen molar-refractivity contribution in [2.24, 2.45) is 5.92 Å². The summed E-state index contributed by atoms with van der Waals surface area (Å²) in [6, 6.07) is 7.11. The summed E-state index contributed by atoms with van der Waals surface area (Å²) in [6.07, 6.45) is 4.24. The summed E-state index contributed by atoms with van der Waals surface area (Å²) in [5.74, 6) is 0.390. The molecule has 1 aliphatic rings. The van der Waals surface area contributed by atoms with Gasteiger partial charge in [-0.05, 0) is 38.1 Å². The summed E-state index contributed by atoms with van der Waals surface area (Å²) in [5, 5.41) is 4.71. The van der Waals surface area contributed by atoms with Crippen molar-refractivity contribution in [3.63, 3.8) is 0 Å². The lowest BCUT2D eigenvalue weighted by molar-refractivity contribution is 0.451. The highest BCUT2D eigenvalue weighted by Gasteiger charge is 2.32. The Balaban J connectivity index is 0.00000176. The van der Waals surface area contributed by atoms with Crippen LogP contribution in [0.15, 0.2) is 41.6 Å². The smallest absolute Gasteiger partial charge is 0.243 e. The van der Waals surface area contributed by atoms with Gasteiger partial charge in [0.1, 0.15) is 0 Å². The number of hydrogen-bond acceptors (Lipinski definition) is 4. The number of rotatable bonds is 4. The Morgan fingerprint density at radius 2 is 2.18 bits per heavy atom. The van der Waals surface area contributed by atoms with E-state index in [-0.39, 0.29) is 12.4 Å². The predicted molar refractivity (Wildman–Crippen MR) is 89.8 cm³/mol. The lowest BCUT2D eigenvalue weighted by Gasteiger charge is -2.18. The van der Waals surface area contributed by atoms with Gasteiger partial charge < -0.3 is 5.32 Å². The normalized spacial score (nSPS) is 19.2. The number of sulfonamides is 1. The fraction of sp³-hybridized carbons (Fsp3) is 0.400. The van der Waals surface area contributed by atoms with Gasteiger partial charge in [-0.2, -0.15) is 4.31 Å². The highest BCUT2D eigenvalue weighted by Crippen LogP contribution is 2.28. The minimum absolute atomic E-state index is 0. The number of hydrogen-bond donors (Lipinski definition) is 1. The molecule has 7 heteroatoms. The van der Waals surface area contributed by atoms with E-state index in [2.05, 4.69) is 10.3 Å². The molecule has 1 atom stereocenters. The van der Waals surface area contributed by atoms with Gasteiger partial charge in [0.2, 0.25) is 10.0 Å². The summed E-state index contributed by atoms with van der Waals surface area (Å²) >= 11 is 0. The van der Waals surface area contributed by atoms with E-state index in [0.717, 1.165) is 23.7 Å². The van der Waals surface area contributed by atoms with E-state index in [1.165, 1.54) is 0 Å². The number of halogens is 1. The number of nitrogens with one attached hydrogen (secondary N) is 1. The minimum atomic E-state index is -3.44. The zero-order chi connectivity index (χ0) is 14.9. The van der Waals surface area contributed by atoms with Crippen LogP contribution in [-0.2, 0) is 10.0 Å². The lowest BCUT2D eigenvalue weighted by Crippen LogP contribution is -2.30. The first-order chi connectivity index (χ1) is 10.1. The quantitative estimate of drug-likeness (QED) is 0.922. The van der Waals surface area contributed by atoms with Crippen LogP contribution in [0.5, 0.6) is 0 Å². The van der Waals surface area contributed by atoms with Crippen molar-refractivity contribution in [2.45, 2.75) is 11.3 Å². The van der Waals surface area contributed by atoms with Crippen molar-refractivity contribution in [3.05, 3.63) is 36.7 Å². The molecule has 1 N–H and O–H groups in total. The Kier molecular flexibility index (Phi) is 5.39. The molecule has 2 heterocycles. The van der Waals surface area contributed by atoms with E-state index >= 15 is 0 Å². The van der Waals surface area contributed by atoms with Crippen LogP contribution < -0.4 is 5.32 Å². The number of pyridine rings is 1. The molecule has 0 aliphatic carbocycles. The molecular weight excluding hydrogens is 322 g/mol. The third-order valence-electron chi connectivity index (χ3n) is 4.00. The van der Waals surface area contributed by atoms with E-state index in [0.29, 0.717) is 23.9 Å². The number of nitrogens with zero attached hydrogens (tertiary/aromatic N) is 2. The van der Waals surface area contributed by atoms with Gasteiger partial charge in [0, 0.05) is 36.3 Å². The molecule has 1 aromatic heterocycles. The Bertz CT molecular complexity index is 746. The zero-order valence-corrected chi connectivity index (χ0v) is 14.0. The van der Waals surface area contributed by atoms with Crippen LogP contribution >= 0.6 is 12.4 Å². The third kappa shape index (κ3) is 3.10. The maximum atomic E-state index is 12.9. The Morgan fingerprint density at radius 1 is 1.36 bits per heavy atom. The maximum Gasteiger partial charge on any atom is 0.243 e. The maximum absolute atomic E-state index is 12.9. The highest BCUT2D eigenvalue weighted by atomic mass is 35.5. The minimum Gasteiger partial charge on any atom is -0.319 e. The van der Waals surface area contributed by atoms with Crippen molar-refractivity contribution in [1.82, 2.24) is 14.6 Å². The zero-order valence-electron chi connectivity index (χ0n) is 12.4. The van der Waals surface area contributed by atoms with Crippen molar-refractivity contribution in [3.8, 4) is 0 Å². The standard InChI is InChI=1S/C15H19N3O2S.ClH/c1-16-9-12-6-8-18(11-12)21(19,20)15-4-2-3-13-10-17-7-5-14(13)15;/h2-5,7,10,12,16H,6,8-9,11H2,1H3;1H. The van der Waals surface area contributed by atoms with Gasteiger partial charge in [0.15, 0.2) is 0 Å². The van der Waals surface area contributed by atoms with Gasteiger partial charge >= 0.3 is 0 Å². The number of aromatic nitrogens is 1. The molecule has 0 bridgehead atoms. The Hall–Kier alpha value is -1.21. The third-order valence-corrected chi connectivity index (χ3v) is 5.92. The van der Waals surface area contributed by atoms with Crippen LogP contribution in [-0.4, -0.2) is 44.4 Å². The Morgan fingerprint density at radius 3 is 2.95 bits per heavy atom. The monoisotopic (exact) mass is 341 g/mol. The molecule has 0 saturated carbocycles. The molecule has 0 spiro atoms. The van der Waals surface area contributed by atoms with Crippen LogP contribution in [0.2, 0.25) is 0 Å². The molecule has 5 nitrogen and oxygen atoms in total. The average Bonchev–Trinajstić information content (AvgIpc) is 2.96. The predicted octanol–water partition coefficient (Wildman–Crippen LogP) is 1.89. The molecule has 0 amide bonds. The largest absolute Gasteiger partial charge is 0.319 e. The molecule has 22 heavy (non-hydrogen) atoms. The van der Waals surface area contributed by atoms with Crippen LogP contribution in [0.25, 0.3) is 10.8 Å². The molecule has 2 aromatic rings. The van der Waals surface area contributed by atoms with Crippen molar-refractivity contribution >= 4 is 33.2 Å². The van der Waals surface area contributed by atoms with Gasteiger partial charge in [-0.1, -0.05) is 12.1 Å². The summed E-state index contributed by atoms with van der Waals surface area (Å²) in [6.45, 7) is 2.03. The van der Waals surface area contributed by atoms with Crippen LogP contribution in [0.4, 0.5) is 0 Å². The molecule has 1 unspecified atom stereocenters. The highest BCUT2D eigenvalue weighted by molar-refractivity contribution is 7.89. The first-order valence-corrected chi connectivity index (χ1v) is 8.54. The van der Waals surface area contributed by atoms with Crippen molar-refractivity contribution in [1.29, 1.82) is 0 Å². The second-order valence-electron chi connectivity index (χ2n) is 5.43. The van der Waals surface area contributed by atoms with Crippen molar-refractivity contribution < 1.29 is 8.42 Å².